The van der Waals surface area contributed by atoms with Crippen molar-refractivity contribution in [1.82, 2.24) is 5.32 Å². The van der Waals surface area contributed by atoms with Gasteiger partial charge in [-0.25, -0.2) is 0 Å². The Hall–Kier alpha value is -0.860. The minimum Gasteiger partial charge on any atom is -0.372 e. The predicted molar refractivity (Wildman–Crippen MR) is 83.0 cm³/mol. The summed E-state index contributed by atoms with van der Waals surface area (Å²) in [5.74, 6) is 0.579. The van der Waals surface area contributed by atoms with E-state index < -0.39 is 0 Å². The first-order chi connectivity index (χ1) is 9.62. The molecule has 110 valence electrons. The average molecular weight is 273 g/mol. The number of hydrogen-bond donors (Lipinski definition) is 1. The third kappa shape index (κ3) is 3.83. The third-order valence-corrected chi connectivity index (χ3v) is 4.60. The molecule has 2 heteroatoms. The van der Waals surface area contributed by atoms with Crippen molar-refractivity contribution < 1.29 is 4.74 Å². The quantitative estimate of drug-likeness (QED) is 0.849. The number of rotatable bonds is 6. The molecule has 1 aliphatic heterocycles. The fourth-order valence-corrected chi connectivity index (χ4v) is 3.22. The normalized spacial score (nSPS) is 26.6. The van der Waals surface area contributed by atoms with E-state index in [0.29, 0.717) is 12.0 Å². The standard InChI is InChI=1S/C18H27NO/c1-18(2)11-10-17(20-18)12-15(13-19-16-8-9-16)14-6-4-3-5-7-14/h3-7,15-17,19H,8-13H2,1-2H3. The summed E-state index contributed by atoms with van der Waals surface area (Å²) >= 11 is 0. The molecule has 1 aliphatic carbocycles. The molecular formula is C18H27NO. The molecule has 2 fully saturated rings. The van der Waals surface area contributed by atoms with Crippen LogP contribution in [0.25, 0.3) is 0 Å². The lowest BCUT2D eigenvalue weighted by Crippen LogP contribution is -2.27. The summed E-state index contributed by atoms with van der Waals surface area (Å²) in [5.41, 5.74) is 1.53. The van der Waals surface area contributed by atoms with E-state index in [1.54, 1.807) is 0 Å². The van der Waals surface area contributed by atoms with Crippen LogP contribution in [0.5, 0.6) is 0 Å². The Morgan fingerprint density at radius 1 is 1.20 bits per heavy atom. The minimum absolute atomic E-state index is 0.0792. The molecule has 0 radical (unpaired) electrons. The van der Waals surface area contributed by atoms with Gasteiger partial charge in [0.1, 0.15) is 0 Å². The highest BCUT2D eigenvalue weighted by Crippen LogP contribution is 2.35. The van der Waals surface area contributed by atoms with E-state index in [-0.39, 0.29) is 5.60 Å². The lowest BCUT2D eigenvalue weighted by Gasteiger charge is -2.24. The van der Waals surface area contributed by atoms with Crippen LogP contribution in [0.4, 0.5) is 0 Å². The smallest absolute Gasteiger partial charge is 0.0631 e. The van der Waals surface area contributed by atoms with Gasteiger partial charge in [0.15, 0.2) is 0 Å². The predicted octanol–water partition coefficient (Wildman–Crippen LogP) is 3.87. The second-order valence-electron chi connectivity index (χ2n) is 7.06. The number of hydrogen-bond acceptors (Lipinski definition) is 2. The van der Waals surface area contributed by atoms with Gasteiger partial charge >= 0.3 is 0 Å². The van der Waals surface area contributed by atoms with Gasteiger partial charge in [0.2, 0.25) is 0 Å². The zero-order valence-electron chi connectivity index (χ0n) is 12.8. The monoisotopic (exact) mass is 273 g/mol. The highest BCUT2D eigenvalue weighted by molar-refractivity contribution is 5.20. The fraction of sp³-hybridized carbons (Fsp3) is 0.667. The molecule has 2 nitrogen and oxygen atoms in total. The van der Waals surface area contributed by atoms with Gasteiger partial charge in [0.25, 0.3) is 0 Å². The van der Waals surface area contributed by atoms with Crippen molar-refractivity contribution in [3.63, 3.8) is 0 Å². The zero-order chi connectivity index (χ0) is 14.0. The van der Waals surface area contributed by atoms with Gasteiger partial charge in [-0.15, -0.1) is 0 Å². The maximum Gasteiger partial charge on any atom is 0.0631 e. The molecule has 1 heterocycles. The van der Waals surface area contributed by atoms with E-state index >= 15 is 0 Å². The number of ether oxygens (including phenoxy) is 1. The van der Waals surface area contributed by atoms with Crippen molar-refractivity contribution in [2.24, 2.45) is 0 Å². The van der Waals surface area contributed by atoms with Crippen LogP contribution in [-0.4, -0.2) is 24.3 Å². The fourth-order valence-electron chi connectivity index (χ4n) is 3.22. The van der Waals surface area contributed by atoms with Crippen molar-refractivity contribution in [2.45, 2.75) is 69.6 Å². The Bertz CT molecular complexity index is 424. The second-order valence-corrected chi connectivity index (χ2v) is 7.06. The van der Waals surface area contributed by atoms with Crippen molar-refractivity contribution in [3.8, 4) is 0 Å². The molecule has 0 aromatic heterocycles. The molecule has 1 aromatic carbocycles. The van der Waals surface area contributed by atoms with E-state index in [0.717, 1.165) is 19.0 Å². The highest BCUT2D eigenvalue weighted by Gasteiger charge is 2.33. The van der Waals surface area contributed by atoms with E-state index in [9.17, 15) is 0 Å². The average Bonchev–Trinajstić information content (AvgIpc) is 3.20. The topological polar surface area (TPSA) is 21.3 Å². The highest BCUT2D eigenvalue weighted by atomic mass is 16.5. The van der Waals surface area contributed by atoms with Gasteiger partial charge < -0.3 is 10.1 Å². The van der Waals surface area contributed by atoms with E-state index in [2.05, 4.69) is 49.5 Å². The molecule has 3 rings (SSSR count). The Morgan fingerprint density at radius 2 is 1.95 bits per heavy atom. The molecule has 1 N–H and O–H groups in total. The third-order valence-electron chi connectivity index (χ3n) is 4.60. The van der Waals surface area contributed by atoms with Crippen molar-refractivity contribution in [1.29, 1.82) is 0 Å². The molecule has 0 amide bonds. The molecule has 1 saturated carbocycles. The Morgan fingerprint density at radius 3 is 2.55 bits per heavy atom. The largest absolute Gasteiger partial charge is 0.372 e. The van der Waals surface area contributed by atoms with Crippen molar-refractivity contribution >= 4 is 0 Å². The van der Waals surface area contributed by atoms with Gasteiger partial charge in [-0.2, -0.15) is 0 Å². The van der Waals surface area contributed by atoms with Crippen LogP contribution in [0.15, 0.2) is 30.3 Å². The van der Waals surface area contributed by atoms with Crippen LogP contribution in [0, 0.1) is 0 Å². The van der Waals surface area contributed by atoms with Crippen LogP contribution in [0.3, 0.4) is 0 Å². The second kappa shape index (κ2) is 5.87. The summed E-state index contributed by atoms with van der Waals surface area (Å²) < 4.78 is 6.20. The molecule has 1 aromatic rings. The van der Waals surface area contributed by atoms with Crippen LogP contribution < -0.4 is 5.32 Å². The van der Waals surface area contributed by atoms with Crippen LogP contribution in [-0.2, 0) is 4.74 Å². The van der Waals surface area contributed by atoms with Gasteiger partial charge in [-0.3, -0.25) is 0 Å². The summed E-state index contributed by atoms with van der Waals surface area (Å²) in [7, 11) is 0. The van der Waals surface area contributed by atoms with Gasteiger partial charge in [0.05, 0.1) is 11.7 Å². The summed E-state index contributed by atoms with van der Waals surface area (Å²) in [6.07, 6.45) is 6.68. The first-order valence-electron chi connectivity index (χ1n) is 8.08. The van der Waals surface area contributed by atoms with Crippen molar-refractivity contribution in [2.75, 3.05) is 6.54 Å². The Balaban J connectivity index is 1.62. The number of nitrogens with one attached hydrogen (secondary N) is 1. The van der Waals surface area contributed by atoms with Crippen LogP contribution in [0.2, 0.25) is 0 Å². The van der Waals surface area contributed by atoms with Gasteiger partial charge in [0, 0.05) is 12.6 Å². The summed E-state index contributed by atoms with van der Waals surface area (Å²) in [4.78, 5) is 0. The first-order valence-corrected chi connectivity index (χ1v) is 8.08. The van der Waals surface area contributed by atoms with Crippen molar-refractivity contribution in [3.05, 3.63) is 35.9 Å². The molecular weight excluding hydrogens is 246 g/mol. The Kier molecular flexibility index (Phi) is 4.13. The maximum absolute atomic E-state index is 6.20. The molecule has 0 spiro atoms. The SMILES string of the molecule is CC1(C)CCC(CC(CNC2CC2)c2ccccc2)O1. The summed E-state index contributed by atoms with van der Waals surface area (Å²) in [5, 5.41) is 3.69. The molecule has 2 atom stereocenters. The van der Waals surface area contributed by atoms with E-state index in [1.165, 1.54) is 31.2 Å². The van der Waals surface area contributed by atoms with Gasteiger partial charge in [-0.1, -0.05) is 30.3 Å². The molecule has 2 aliphatic rings. The summed E-state index contributed by atoms with van der Waals surface area (Å²) in [6, 6.07) is 11.7. The molecule has 1 saturated heterocycles. The number of benzene rings is 1. The lowest BCUT2D eigenvalue weighted by atomic mass is 9.92. The minimum atomic E-state index is 0.0792. The van der Waals surface area contributed by atoms with E-state index in [4.69, 9.17) is 4.74 Å². The maximum atomic E-state index is 6.20. The van der Waals surface area contributed by atoms with Gasteiger partial charge in [-0.05, 0) is 57.4 Å². The zero-order valence-corrected chi connectivity index (χ0v) is 12.8. The van der Waals surface area contributed by atoms with Crippen LogP contribution in [0.1, 0.15) is 57.4 Å². The summed E-state index contributed by atoms with van der Waals surface area (Å²) in [6.45, 7) is 5.52. The first kappa shape index (κ1) is 14.1. The lowest BCUT2D eigenvalue weighted by molar-refractivity contribution is -0.0209. The molecule has 20 heavy (non-hydrogen) atoms. The Labute approximate surface area is 122 Å². The molecule has 2 unspecified atom stereocenters. The van der Waals surface area contributed by atoms with E-state index in [1.807, 2.05) is 0 Å². The van der Waals surface area contributed by atoms with Crippen LogP contribution >= 0.6 is 0 Å². The molecule has 0 bridgehead atoms.